The average molecular weight is 384 g/mol. The number of amides is 1. The lowest BCUT2D eigenvalue weighted by atomic mass is 9.77. The van der Waals surface area contributed by atoms with Crippen LogP contribution in [0.15, 0.2) is 0 Å². The number of methoxy groups -OCH3 is 1. The normalized spacial score (nSPS) is 18.3. The Morgan fingerprint density at radius 3 is 2.00 bits per heavy atom. The third-order valence-corrected chi connectivity index (χ3v) is 4.95. The zero-order valence-electron chi connectivity index (χ0n) is 18.0. The van der Waals surface area contributed by atoms with E-state index in [1.165, 1.54) is 7.11 Å². The molecule has 1 aliphatic rings. The Morgan fingerprint density at radius 2 is 1.56 bits per heavy atom. The lowest BCUT2D eigenvalue weighted by Gasteiger charge is -2.34. The predicted molar refractivity (Wildman–Crippen MR) is 104 cm³/mol. The molecule has 1 N–H and O–H groups in total. The fraction of sp³-hybridized carbons (Fsp3) is 0.857. The van der Waals surface area contributed by atoms with Gasteiger partial charge in [-0.15, -0.1) is 0 Å². The second-order valence-corrected chi connectivity index (χ2v) is 9.63. The lowest BCUT2D eigenvalue weighted by Crippen LogP contribution is -2.52. The van der Waals surface area contributed by atoms with Crippen LogP contribution in [0.1, 0.15) is 80.1 Å². The number of carbonyl (C=O) groups is 3. The van der Waals surface area contributed by atoms with E-state index in [-0.39, 0.29) is 24.2 Å². The molecule has 1 aliphatic carbocycles. The van der Waals surface area contributed by atoms with Crippen LogP contribution in [0.4, 0.5) is 0 Å². The first-order valence-corrected chi connectivity index (χ1v) is 9.95. The summed E-state index contributed by atoms with van der Waals surface area (Å²) < 4.78 is 10.3. The van der Waals surface area contributed by atoms with Crippen LogP contribution in [0.5, 0.6) is 0 Å². The number of nitrogens with one attached hydrogen (secondary N) is 1. The highest BCUT2D eigenvalue weighted by atomic mass is 16.6. The van der Waals surface area contributed by atoms with Crippen LogP contribution < -0.4 is 5.32 Å². The van der Waals surface area contributed by atoms with Crippen LogP contribution >= 0.6 is 0 Å². The molecule has 1 saturated carbocycles. The van der Waals surface area contributed by atoms with Crippen molar-refractivity contribution in [1.82, 2.24) is 5.32 Å². The topological polar surface area (TPSA) is 81.7 Å². The molecule has 1 amide bonds. The summed E-state index contributed by atoms with van der Waals surface area (Å²) in [6, 6.07) is -0.764. The molecule has 0 aromatic heterocycles. The van der Waals surface area contributed by atoms with Crippen LogP contribution in [-0.2, 0) is 23.9 Å². The Hall–Kier alpha value is -1.59. The van der Waals surface area contributed by atoms with Crippen LogP contribution in [0.2, 0.25) is 0 Å². The van der Waals surface area contributed by atoms with Gasteiger partial charge in [0.25, 0.3) is 0 Å². The molecule has 6 nitrogen and oxygen atoms in total. The quantitative estimate of drug-likeness (QED) is 0.709. The monoisotopic (exact) mass is 383 g/mol. The molecule has 1 fully saturated rings. The molecule has 156 valence electrons. The molecule has 0 radical (unpaired) electrons. The molecule has 0 heterocycles. The van der Waals surface area contributed by atoms with Crippen molar-refractivity contribution in [3.05, 3.63) is 0 Å². The Bertz CT molecular complexity index is 524. The maximum atomic E-state index is 13.1. The number of esters is 2. The molecular weight excluding hydrogens is 346 g/mol. The van der Waals surface area contributed by atoms with E-state index in [0.717, 1.165) is 32.1 Å². The van der Waals surface area contributed by atoms with Gasteiger partial charge in [0.05, 0.1) is 19.4 Å². The van der Waals surface area contributed by atoms with Crippen molar-refractivity contribution in [3.8, 4) is 0 Å². The summed E-state index contributed by atoms with van der Waals surface area (Å²) in [5.74, 6) is -1.48. The summed E-state index contributed by atoms with van der Waals surface area (Å²) in [5, 5.41) is 2.85. The highest BCUT2D eigenvalue weighted by Crippen LogP contribution is 2.33. The molecule has 1 rings (SSSR count). The van der Waals surface area contributed by atoms with Gasteiger partial charge in [0, 0.05) is 0 Å². The first-order chi connectivity index (χ1) is 12.3. The first-order valence-electron chi connectivity index (χ1n) is 9.95. The maximum absolute atomic E-state index is 13.1. The highest BCUT2D eigenvalue weighted by Gasteiger charge is 2.38. The Labute approximate surface area is 163 Å². The molecular formula is C21H37NO5. The summed E-state index contributed by atoms with van der Waals surface area (Å²) in [6.07, 6.45) is 5.14. The van der Waals surface area contributed by atoms with Crippen LogP contribution in [0.3, 0.4) is 0 Å². The summed E-state index contributed by atoms with van der Waals surface area (Å²) in [6.45, 7) is 11.1. The predicted octanol–water partition coefficient (Wildman–Crippen LogP) is 3.62. The molecule has 27 heavy (non-hydrogen) atoms. The van der Waals surface area contributed by atoms with Crippen LogP contribution in [-0.4, -0.2) is 36.6 Å². The van der Waals surface area contributed by atoms with Gasteiger partial charge in [-0.3, -0.25) is 9.59 Å². The van der Waals surface area contributed by atoms with Gasteiger partial charge in [0.2, 0.25) is 5.91 Å². The van der Waals surface area contributed by atoms with E-state index < -0.39 is 28.9 Å². The van der Waals surface area contributed by atoms with Crippen molar-refractivity contribution < 1.29 is 23.9 Å². The zero-order chi connectivity index (χ0) is 20.8. The molecule has 6 heteroatoms. The van der Waals surface area contributed by atoms with Gasteiger partial charge in [-0.25, -0.2) is 4.79 Å². The largest absolute Gasteiger partial charge is 0.467 e. The smallest absolute Gasteiger partial charge is 0.328 e. The van der Waals surface area contributed by atoms with Crippen molar-refractivity contribution in [2.45, 2.75) is 91.7 Å². The molecule has 0 saturated heterocycles. The van der Waals surface area contributed by atoms with Crippen LogP contribution in [0.25, 0.3) is 0 Å². The Morgan fingerprint density at radius 1 is 1.00 bits per heavy atom. The molecule has 0 aliphatic heterocycles. The van der Waals surface area contributed by atoms with Crippen molar-refractivity contribution in [2.24, 2.45) is 17.3 Å². The molecule has 0 unspecified atom stereocenters. The second-order valence-electron chi connectivity index (χ2n) is 9.63. The Kier molecular flexibility index (Phi) is 8.30. The molecule has 0 bridgehead atoms. The Balaban J connectivity index is 2.97. The van der Waals surface area contributed by atoms with Crippen molar-refractivity contribution in [1.29, 1.82) is 0 Å². The van der Waals surface area contributed by atoms with Gasteiger partial charge in [0.15, 0.2) is 0 Å². The minimum atomic E-state index is -0.764. The van der Waals surface area contributed by atoms with Gasteiger partial charge in [0.1, 0.15) is 11.6 Å². The maximum Gasteiger partial charge on any atom is 0.328 e. The standard InChI is InChI=1S/C21H37NO5/c1-20(2,3)17(19(25)26-7)22-18(24)15(14-11-9-8-10-12-14)13-16(23)27-21(4,5)6/h14-15,17H,8-13H2,1-7H3,(H,22,24)/t15-,17-/m1/s1. The molecule has 2 atom stereocenters. The lowest BCUT2D eigenvalue weighted by molar-refractivity contribution is -0.158. The second kappa shape index (κ2) is 9.56. The first kappa shape index (κ1) is 23.4. The van der Waals surface area contributed by atoms with E-state index in [1.807, 2.05) is 41.5 Å². The minimum absolute atomic E-state index is 0.0335. The van der Waals surface area contributed by atoms with Gasteiger partial charge in [-0.2, -0.15) is 0 Å². The molecule has 0 spiro atoms. The average Bonchev–Trinajstić information content (AvgIpc) is 2.54. The fourth-order valence-electron chi connectivity index (χ4n) is 3.57. The van der Waals surface area contributed by atoms with E-state index in [1.54, 1.807) is 0 Å². The van der Waals surface area contributed by atoms with Gasteiger partial charge >= 0.3 is 11.9 Å². The number of hydrogen-bond acceptors (Lipinski definition) is 5. The number of rotatable bonds is 6. The summed E-state index contributed by atoms with van der Waals surface area (Å²) in [5.41, 5.74) is -1.09. The number of hydrogen-bond donors (Lipinski definition) is 1. The number of carbonyl (C=O) groups excluding carboxylic acids is 3. The van der Waals surface area contributed by atoms with E-state index in [0.29, 0.717) is 0 Å². The zero-order valence-corrected chi connectivity index (χ0v) is 18.0. The highest BCUT2D eigenvalue weighted by molar-refractivity contribution is 5.88. The third-order valence-electron chi connectivity index (χ3n) is 4.95. The third kappa shape index (κ3) is 7.89. The summed E-state index contributed by atoms with van der Waals surface area (Å²) in [7, 11) is 1.31. The van der Waals surface area contributed by atoms with Crippen molar-refractivity contribution >= 4 is 17.8 Å². The van der Waals surface area contributed by atoms with Crippen LogP contribution in [0, 0.1) is 17.3 Å². The van der Waals surface area contributed by atoms with Gasteiger partial charge in [-0.1, -0.05) is 40.0 Å². The van der Waals surface area contributed by atoms with Gasteiger partial charge in [-0.05, 0) is 44.9 Å². The van der Waals surface area contributed by atoms with E-state index >= 15 is 0 Å². The minimum Gasteiger partial charge on any atom is -0.467 e. The van der Waals surface area contributed by atoms with Crippen molar-refractivity contribution in [3.63, 3.8) is 0 Å². The summed E-state index contributed by atoms with van der Waals surface area (Å²) in [4.78, 5) is 37.7. The van der Waals surface area contributed by atoms with E-state index in [9.17, 15) is 14.4 Å². The fourth-order valence-corrected chi connectivity index (χ4v) is 3.57. The summed E-state index contributed by atoms with van der Waals surface area (Å²) >= 11 is 0. The number of ether oxygens (including phenoxy) is 2. The van der Waals surface area contributed by atoms with E-state index in [2.05, 4.69) is 5.32 Å². The SMILES string of the molecule is COC(=O)[C@@H](NC(=O)[C@H](CC(=O)OC(C)(C)C)C1CCCCC1)C(C)(C)C. The molecule has 0 aromatic rings. The van der Waals surface area contributed by atoms with E-state index in [4.69, 9.17) is 9.47 Å². The van der Waals surface area contributed by atoms with Gasteiger partial charge < -0.3 is 14.8 Å². The van der Waals surface area contributed by atoms with Crippen molar-refractivity contribution in [2.75, 3.05) is 7.11 Å². The molecule has 0 aromatic carbocycles.